The Kier molecular flexibility index (Phi) is 3.01. The molecule has 0 aliphatic heterocycles. The molecule has 0 saturated carbocycles. The summed E-state index contributed by atoms with van der Waals surface area (Å²) in [7, 11) is 0. The van der Waals surface area contributed by atoms with E-state index in [9.17, 15) is 4.39 Å². The van der Waals surface area contributed by atoms with Crippen molar-refractivity contribution in [2.45, 2.75) is 19.8 Å². The highest BCUT2D eigenvalue weighted by Crippen LogP contribution is 2.25. The summed E-state index contributed by atoms with van der Waals surface area (Å²) in [5, 5.41) is 2.93. The van der Waals surface area contributed by atoms with Crippen molar-refractivity contribution in [3.8, 4) is 0 Å². The summed E-state index contributed by atoms with van der Waals surface area (Å²) in [6, 6.07) is 3.08. The molecule has 0 N–H and O–H groups in total. The van der Waals surface area contributed by atoms with Crippen LogP contribution in [0.25, 0.3) is 0 Å². The van der Waals surface area contributed by atoms with E-state index < -0.39 is 5.95 Å². The minimum Gasteiger partial charge on any atom is -0.246 e. The van der Waals surface area contributed by atoms with Gasteiger partial charge in [0.1, 0.15) is 0 Å². The molecule has 0 aliphatic rings. The molecule has 1 unspecified atom stereocenters. The van der Waals surface area contributed by atoms with Gasteiger partial charge in [0, 0.05) is 11.3 Å². The summed E-state index contributed by atoms with van der Waals surface area (Å²) in [6.07, 6.45) is 0. The lowest BCUT2D eigenvalue weighted by molar-refractivity contribution is 0.574. The monoisotopic (exact) mass is 235 g/mol. The molecule has 0 spiro atoms. The van der Waals surface area contributed by atoms with Crippen LogP contribution in [0.1, 0.15) is 27.9 Å². The molecule has 0 saturated heterocycles. The Bertz CT molecular complexity index is 507. The van der Waals surface area contributed by atoms with Gasteiger partial charge in [-0.2, -0.15) is 4.39 Å². The van der Waals surface area contributed by atoms with Gasteiger partial charge in [-0.1, -0.05) is 6.07 Å². The van der Waals surface area contributed by atoms with Crippen LogP contribution >= 0.6 is 11.3 Å². The van der Waals surface area contributed by atoms with Gasteiger partial charge in [0.2, 0.25) is 5.95 Å². The molecule has 16 heavy (non-hydrogen) atoms. The second kappa shape index (κ2) is 4.29. The van der Waals surface area contributed by atoms with Gasteiger partial charge in [-0.3, -0.25) is 0 Å². The SMILES string of the molecule is [CH2]C(c1csc(C)n1)c1nc(F)ccc1C. The highest BCUT2D eigenvalue weighted by molar-refractivity contribution is 7.09. The molecule has 0 fully saturated rings. The maximum Gasteiger partial charge on any atom is 0.213 e. The number of hydrogen-bond donors (Lipinski definition) is 0. The predicted molar refractivity (Wildman–Crippen MR) is 63.0 cm³/mol. The molecule has 0 bridgehead atoms. The van der Waals surface area contributed by atoms with E-state index in [1.54, 1.807) is 17.4 Å². The van der Waals surface area contributed by atoms with Gasteiger partial charge in [0.25, 0.3) is 0 Å². The maximum absolute atomic E-state index is 13.1. The molecular weight excluding hydrogens is 223 g/mol. The van der Waals surface area contributed by atoms with E-state index in [1.807, 2.05) is 19.2 Å². The van der Waals surface area contributed by atoms with Crippen LogP contribution in [0.15, 0.2) is 17.5 Å². The van der Waals surface area contributed by atoms with E-state index in [2.05, 4.69) is 16.9 Å². The van der Waals surface area contributed by atoms with Crippen LogP contribution in [0, 0.1) is 26.7 Å². The summed E-state index contributed by atoms with van der Waals surface area (Å²) < 4.78 is 13.1. The van der Waals surface area contributed by atoms with E-state index in [0.717, 1.165) is 16.3 Å². The van der Waals surface area contributed by atoms with Gasteiger partial charge in [0.05, 0.1) is 16.4 Å². The van der Waals surface area contributed by atoms with Gasteiger partial charge < -0.3 is 0 Å². The normalized spacial score (nSPS) is 12.8. The van der Waals surface area contributed by atoms with Crippen molar-refractivity contribution in [2.24, 2.45) is 0 Å². The number of aromatic nitrogens is 2. The molecule has 0 aliphatic carbocycles. The molecule has 1 radical (unpaired) electrons. The minimum absolute atomic E-state index is 0.208. The number of hydrogen-bond acceptors (Lipinski definition) is 3. The maximum atomic E-state index is 13.1. The summed E-state index contributed by atoms with van der Waals surface area (Å²) in [5.74, 6) is -0.679. The first-order chi connectivity index (χ1) is 7.58. The largest absolute Gasteiger partial charge is 0.246 e. The average Bonchev–Trinajstić information content (AvgIpc) is 2.67. The van der Waals surface area contributed by atoms with E-state index in [0.29, 0.717) is 5.69 Å². The second-order valence-electron chi connectivity index (χ2n) is 3.68. The molecule has 0 aromatic carbocycles. The van der Waals surface area contributed by atoms with Crippen molar-refractivity contribution < 1.29 is 4.39 Å². The molecule has 2 aromatic rings. The third kappa shape index (κ3) is 2.11. The highest BCUT2D eigenvalue weighted by atomic mass is 32.1. The minimum atomic E-state index is -0.471. The van der Waals surface area contributed by atoms with E-state index in [4.69, 9.17) is 0 Å². The van der Waals surface area contributed by atoms with Crippen LogP contribution in [-0.2, 0) is 0 Å². The van der Waals surface area contributed by atoms with Gasteiger partial charge >= 0.3 is 0 Å². The Morgan fingerprint density at radius 1 is 1.31 bits per heavy atom. The molecule has 1 atom stereocenters. The fraction of sp³-hybridized carbons (Fsp3) is 0.250. The Labute approximate surface area is 98.2 Å². The van der Waals surface area contributed by atoms with Crippen molar-refractivity contribution in [1.29, 1.82) is 0 Å². The lowest BCUT2D eigenvalue weighted by atomic mass is 10.0. The second-order valence-corrected chi connectivity index (χ2v) is 4.74. The third-order valence-electron chi connectivity index (χ3n) is 2.43. The summed E-state index contributed by atoms with van der Waals surface area (Å²) in [6.45, 7) is 7.85. The highest BCUT2D eigenvalue weighted by Gasteiger charge is 2.15. The Balaban J connectivity index is 2.40. The molecule has 2 nitrogen and oxygen atoms in total. The van der Waals surface area contributed by atoms with Crippen molar-refractivity contribution in [1.82, 2.24) is 9.97 Å². The first-order valence-corrected chi connectivity index (χ1v) is 5.84. The standard InChI is InChI=1S/C12H12FN2S/c1-7-4-5-11(13)15-12(7)8(2)10-6-16-9(3)14-10/h4-6,8H,2H2,1,3H3. The zero-order chi connectivity index (χ0) is 11.7. The first-order valence-electron chi connectivity index (χ1n) is 4.96. The number of halogens is 1. The van der Waals surface area contributed by atoms with Gasteiger partial charge in [-0.15, -0.1) is 11.3 Å². The Morgan fingerprint density at radius 2 is 2.06 bits per heavy atom. The third-order valence-corrected chi connectivity index (χ3v) is 3.22. The van der Waals surface area contributed by atoms with Crippen LogP contribution in [0.5, 0.6) is 0 Å². The number of nitrogens with zero attached hydrogens (tertiary/aromatic N) is 2. The predicted octanol–water partition coefficient (Wildman–Crippen LogP) is 3.26. The Morgan fingerprint density at radius 3 is 2.69 bits per heavy atom. The smallest absolute Gasteiger partial charge is 0.213 e. The molecular formula is C12H12FN2S. The van der Waals surface area contributed by atoms with Gasteiger partial charge in [-0.05, 0) is 32.4 Å². The summed E-state index contributed by atoms with van der Waals surface area (Å²) in [4.78, 5) is 8.25. The fourth-order valence-electron chi connectivity index (χ4n) is 1.55. The molecule has 0 amide bonds. The first kappa shape index (κ1) is 11.2. The van der Waals surface area contributed by atoms with Crippen molar-refractivity contribution in [3.05, 3.63) is 52.3 Å². The van der Waals surface area contributed by atoms with Crippen LogP contribution in [0.4, 0.5) is 4.39 Å². The van der Waals surface area contributed by atoms with E-state index in [1.165, 1.54) is 6.07 Å². The van der Waals surface area contributed by atoms with Crippen LogP contribution in [-0.4, -0.2) is 9.97 Å². The molecule has 2 heterocycles. The fourth-order valence-corrected chi connectivity index (χ4v) is 2.22. The van der Waals surface area contributed by atoms with Crippen LogP contribution < -0.4 is 0 Å². The number of rotatable bonds is 2. The molecule has 4 heteroatoms. The lowest BCUT2D eigenvalue weighted by Gasteiger charge is -2.10. The van der Waals surface area contributed by atoms with Gasteiger partial charge in [-0.25, -0.2) is 9.97 Å². The zero-order valence-electron chi connectivity index (χ0n) is 9.20. The van der Waals surface area contributed by atoms with Crippen LogP contribution in [0.2, 0.25) is 0 Å². The molecule has 2 rings (SSSR count). The van der Waals surface area contributed by atoms with E-state index >= 15 is 0 Å². The average molecular weight is 235 g/mol. The quantitative estimate of drug-likeness (QED) is 0.747. The zero-order valence-corrected chi connectivity index (χ0v) is 10.0. The Hall–Kier alpha value is -1.29. The van der Waals surface area contributed by atoms with Crippen LogP contribution in [0.3, 0.4) is 0 Å². The number of pyridine rings is 1. The van der Waals surface area contributed by atoms with Crippen molar-refractivity contribution >= 4 is 11.3 Å². The van der Waals surface area contributed by atoms with Crippen molar-refractivity contribution in [2.75, 3.05) is 0 Å². The number of thiazole rings is 1. The molecule has 83 valence electrons. The number of aryl methyl sites for hydroxylation is 2. The summed E-state index contributed by atoms with van der Waals surface area (Å²) >= 11 is 1.56. The topological polar surface area (TPSA) is 25.8 Å². The van der Waals surface area contributed by atoms with Gasteiger partial charge in [0.15, 0.2) is 0 Å². The molecule has 2 aromatic heterocycles. The van der Waals surface area contributed by atoms with Crippen molar-refractivity contribution in [3.63, 3.8) is 0 Å². The van der Waals surface area contributed by atoms with E-state index in [-0.39, 0.29) is 5.92 Å². The summed E-state index contributed by atoms with van der Waals surface area (Å²) in [5.41, 5.74) is 2.45. The lowest BCUT2D eigenvalue weighted by Crippen LogP contribution is -2.04.